The van der Waals surface area contributed by atoms with Crippen molar-refractivity contribution in [3.05, 3.63) is 53.8 Å². The molecule has 3 rings (SSSR count). The number of carbonyl (C=O) groups is 2. The van der Waals surface area contributed by atoms with E-state index in [2.05, 4.69) is 5.32 Å². The summed E-state index contributed by atoms with van der Waals surface area (Å²) in [6.45, 7) is 3.85. The smallest absolute Gasteiger partial charge is 0.319 e. The summed E-state index contributed by atoms with van der Waals surface area (Å²) >= 11 is 0. The third-order valence-electron chi connectivity index (χ3n) is 5.63. The molecule has 0 spiro atoms. The predicted molar refractivity (Wildman–Crippen MR) is 135 cm³/mol. The number of hydrogen-bond acceptors (Lipinski definition) is 5. The molecular weight excluding hydrogens is 525 g/mol. The number of likely N-dealkylation sites (N-methyl/N-ethyl adjacent to an activating group) is 1. The summed E-state index contributed by atoms with van der Waals surface area (Å²) in [7, 11) is -0.564. The molecule has 3 amide bonds. The van der Waals surface area contributed by atoms with Gasteiger partial charge in [0.1, 0.15) is 22.6 Å². The Kier molecular flexibility index (Phi) is 10.9. The maximum Gasteiger partial charge on any atom is 0.319 e. The van der Waals surface area contributed by atoms with Gasteiger partial charge in [-0.25, -0.2) is 26.5 Å². The van der Waals surface area contributed by atoms with Crippen LogP contribution in [0.5, 0.6) is 11.5 Å². The second-order valence-electron chi connectivity index (χ2n) is 8.54. The highest BCUT2D eigenvalue weighted by atomic mass is 32.2. The van der Waals surface area contributed by atoms with Crippen molar-refractivity contribution in [3.63, 3.8) is 0 Å². The fourth-order valence-corrected chi connectivity index (χ4v) is 4.75. The fourth-order valence-electron chi connectivity index (χ4n) is 3.56. The standard InChI is InChI=1S/C25H31F3N4O5S/c1-3-8-29-23(33)17-32(10-9-30(2)25(34)31-11-13-36-14-12-31)38(35)20-15-21(27)24(22(28)16-20)37-19-6-4-18(26)5-7-19/h4-7,15-16H,3,8-14,17H2,1-2H3,(H,29,33). The van der Waals surface area contributed by atoms with Crippen LogP contribution in [0.15, 0.2) is 41.3 Å². The zero-order valence-corrected chi connectivity index (χ0v) is 22.1. The second-order valence-corrected chi connectivity index (χ2v) is 10.0. The van der Waals surface area contributed by atoms with E-state index in [1.807, 2.05) is 6.92 Å². The molecule has 0 aromatic heterocycles. The first-order chi connectivity index (χ1) is 18.2. The van der Waals surface area contributed by atoms with Crippen LogP contribution in [0.3, 0.4) is 0 Å². The number of carbonyl (C=O) groups excluding carboxylic acids is 2. The largest absolute Gasteiger partial charge is 0.451 e. The zero-order chi connectivity index (χ0) is 27.7. The van der Waals surface area contributed by atoms with Gasteiger partial charge in [-0.05, 0) is 42.8 Å². The van der Waals surface area contributed by atoms with Crippen molar-refractivity contribution in [1.29, 1.82) is 0 Å². The van der Waals surface area contributed by atoms with E-state index in [-0.39, 0.29) is 36.3 Å². The summed E-state index contributed by atoms with van der Waals surface area (Å²) < 4.78 is 67.8. The normalized spacial score (nSPS) is 14.3. The highest BCUT2D eigenvalue weighted by Crippen LogP contribution is 2.30. The van der Waals surface area contributed by atoms with Crippen molar-refractivity contribution >= 4 is 22.9 Å². The molecule has 0 aliphatic carbocycles. The molecular formula is C25H31F3N4O5S. The zero-order valence-electron chi connectivity index (χ0n) is 21.3. The Morgan fingerprint density at radius 2 is 1.71 bits per heavy atom. The number of urea groups is 1. The highest BCUT2D eigenvalue weighted by molar-refractivity contribution is 7.82. The van der Waals surface area contributed by atoms with Crippen LogP contribution in [0, 0.1) is 17.5 Å². The number of nitrogens with one attached hydrogen (secondary N) is 1. The van der Waals surface area contributed by atoms with E-state index in [0.29, 0.717) is 39.3 Å². The van der Waals surface area contributed by atoms with Gasteiger partial charge in [-0.1, -0.05) is 6.92 Å². The van der Waals surface area contributed by atoms with E-state index in [4.69, 9.17) is 9.47 Å². The minimum absolute atomic E-state index is 0.00416. The first-order valence-corrected chi connectivity index (χ1v) is 13.2. The van der Waals surface area contributed by atoms with Crippen molar-refractivity contribution in [2.75, 3.05) is 59.5 Å². The van der Waals surface area contributed by atoms with E-state index in [1.165, 1.54) is 21.3 Å². The minimum Gasteiger partial charge on any atom is -0.451 e. The van der Waals surface area contributed by atoms with E-state index in [9.17, 15) is 27.0 Å². The van der Waals surface area contributed by atoms with Crippen molar-refractivity contribution in [1.82, 2.24) is 19.4 Å². The molecule has 0 saturated carbocycles. The molecule has 1 unspecified atom stereocenters. The van der Waals surface area contributed by atoms with Crippen LogP contribution in [-0.2, 0) is 20.5 Å². The summed E-state index contributed by atoms with van der Waals surface area (Å²) in [5.74, 6) is -3.91. The molecule has 1 aliphatic heterocycles. The number of amides is 3. The van der Waals surface area contributed by atoms with Gasteiger partial charge < -0.3 is 24.6 Å². The lowest BCUT2D eigenvalue weighted by Crippen LogP contribution is -2.49. The lowest BCUT2D eigenvalue weighted by molar-refractivity contribution is -0.121. The van der Waals surface area contributed by atoms with Crippen molar-refractivity contribution in [2.24, 2.45) is 0 Å². The fraction of sp³-hybridized carbons (Fsp3) is 0.440. The first-order valence-electron chi connectivity index (χ1n) is 12.1. The van der Waals surface area contributed by atoms with Gasteiger partial charge in [0.05, 0.1) is 24.7 Å². The molecule has 38 heavy (non-hydrogen) atoms. The Morgan fingerprint density at radius 3 is 2.32 bits per heavy atom. The molecule has 1 N–H and O–H groups in total. The van der Waals surface area contributed by atoms with Gasteiger partial charge in [-0.15, -0.1) is 0 Å². The lowest BCUT2D eigenvalue weighted by atomic mass is 10.3. The molecule has 1 saturated heterocycles. The average molecular weight is 557 g/mol. The topological polar surface area (TPSA) is 91.4 Å². The Hall–Kier alpha value is -3.16. The molecule has 1 atom stereocenters. The second kappa shape index (κ2) is 14.1. The van der Waals surface area contributed by atoms with Gasteiger partial charge in [-0.3, -0.25) is 4.79 Å². The highest BCUT2D eigenvalue weighted by Gasteiger charge is 2.25. The third kappa shape index (κ3) is 8.17. The number of rotatable bonds is 11. The first kappa shape index (κ1) is 29.4. The predicted octanol–water partition coefficient (Wildman–Crippen LogP) is 3.13. The molecule has 1 heterocycles. The molecule has 9 nitrogen and oxygen atoms in total. The summed E-state index contributed by atoms with van der Waals surface area (Å²) in [5, 5.41) is 2.68. The van der Waals surface area contributed by atoms with E-state index in [0.717, 1.165) is 24.3 Å². The van der Waals surface area contributed by atoms with Crippen molar-refractivity contribution in [3.8, 4) is 11.5 Å². The lowest BCUT2D eigenvalue weighted by Gasteiger charge is -2.32. The monoisotopic (exact) mass is 556 g/mol. The average Bonchev–Trinajstić information content (AvgIpc) is 2.92. The van der Waals surface area contributed by atoms with Crippen LogP contribution in [0.4, 0.5) is 18.0 Å². The van der Waals surface area contributed by atoms with Crippen LogP contribution >= 0.6 is 0 Å². The van der Waals surface area contributed by atoms with Gasteiger partial charge >= 0.3 is 6.03 Å². The number of hydrogen-bond donors (Lipinski definition) is 1. The van der Waals surface area contributed by atoms with Crippen LogP contribution in [0.1, 0.15) is 13.3 Å². The molecule has 2 aromatic rings. The van der Waals surface area contributed by atoms with Gasteiger partial charge in [0, 0.05) is 39.8 Å². The Balaban J connectivity index is 1.75. The number of ether oxygens (including phenoxy) is 2. The summed E-state index contributed by atoms with van der Waals surface area (Å²) in [6, 6.07) is 6.06. The van der Waals surface area contributed by atoms with Crippen LogP contribution < -0.4 is 10.1 Å². The summed E-state index contributed by atoms with van der Waals surface area (Å²) in [4.78, 5) is 27.9. The third-order valence-corrected chi connectivity index (χ3v) is 7.05. The summed E-state index contributed by atoms with van der Waals surface area (Å²) in [6.07, 6.45) is 0.692. The molecule has 0 radical (unpaired) electrons. The number of morpholine rings is 1. The van der Waals surface area contributed by atoms with E-state index in [1.54, 1.807) is 11.9 Å². The van der Waals surface area contributed by atoms with E-state index < -0.39 is 40.1 Å². The van der Waals surface area contributed by atoms with Crippen LogP contribution in [0.2, 0.25) is 0 Å². The molecule has 1 fully saturated rings. The van der Waals surface area contributed by atoms with E-state index >= 15 is 0 Å². The maximum absolute atomic E-state index is 14.8. The van der Waals surface area contributed by atoms with Gasteiger partial charge in [0.2, 0.25) is 5.91 Å². The van der Waals surface area contributed by atoms with Crippen molar-refractivity contribution < 1.29 is 36.4 Å². The van der Waals surface area contributed by atoms with Crippen molar-refractivity contribution in [2.45, 2.75) is 18.2 Å². The summed E-state index contributed by atoms with van der Waals surface area (Å²) in [5.41, 5.74) is 0. The number of halogens is 3. The SMILES string of the molecule is CCCNC(=O)CN(CCN(C)C(=O)N1CCOCC1)S(=O)c1cc(F)c(Oc2ccc(F)cc2)c(F)c1. The Bertz CT molecular complexity index is 1110. The molecule has 0 bridgehead atoms. The Morgan fingerprint density at radius 1 is 1.08 bits per heavy atom. The number of nitrogens with zero attached hydrogens (tertiary/aromatic N) is 3. The number of benzene rings is 2. The van der Waals surface area contributed by atoms with Crippen LogP contribution in [-0.4, -0.2) is 89.8 Å². The van der Waals surface area contributed by atoms with Crippen LogP contribution in [0.25, 0.3) is 0 Å². The maximum atomic E-state index is 14.8. The van der Waals surface area contributed by atoms with Gasteiger partial charge in [0.15, 0.2) is 17.4 Å². The molecule has 1 aliphatic rings. The molecule has 208 valence electrons. The Labute approximate surface area is 222 Å². The minimum atomic E-state index is -2.14. The van der Waals surface area contributed by atoms with Gasteiger partial charge in [-0.2, -0.15) is 0 Å². The quantitative estimate of drug-likeness (QED) is 0.459. The van der Waals surface area contributed by atoms with Gasteiger partial charge in [0.25, 0.3) is 0 Å². The molecule has 2 aromatic carbocycles. The molecule has 13 heteroatoms.